The van der Waals surface area contributed by atoms with Gasteiger partial charge < -0.3 is 15.8 Å². The van der Waals surface area contributed by atoms with Crippen molar-refractivity contribution in [3.63, 3.8) is 0 Å². The maximum atomic E-state index is 12.0. The van der Waals surface area contributed by atoms with Crippen LogP contribution in [0.3, 0.4) is 0 Å². The number of anilines is 1. The second-order valence-corrected chi connectivity index (χ2v) is 4.80. The molecule has 0 aromatic heterocycles. The number of hydrogen-bond acceptors (Lipinski definition) is 3. The van der Waals surface area contributed by atoms with E-state index in [1.165, 1.54) is 13.2 Å². The first-order valence-electron chi connectivity index (χ1n) is 6.54. The van der Waals surface area contributed by atoms with Crippen LogP contribution in [0.4, 0.5) is 5.69 Å². The van der Waals surface area contributed by atoms with E-state index in [9.17, 15) is 9.59 Å². The van der Waals surface area contributed by atoms with E-state index in [2.05, 4.69) is 17.5 Å². The summed E-state index contributed by atoms with van der Waals surface area (Å²) in [4.78, 5) is 23.2. The molecule has 1 aliphatic rings. The maximum absolute atomic E-state index is 12.0. The van der Waals surface area contributed by atoms with Crippen molar-refractivity contribution in [2.45, 2.75) is 19.3 Å². The highest BCUT2D eigenvalue weighted by atomic mass is 16.5. The second-order valence-electron chi connectivity index (χ2n) is 4.80. The van der Waals surface area contributed by atoms with Crippen LogP contribution in [0, 0.1) is 5.92 Å². The van der Waals surface area contributed by atoms with Gasteiger partial charge in [0.05, 0.1) is 12.8 Å². The lowest BCUT2D eigenvalue weighted by Gasteiger charge is -2.12. The fourth-order valence-corrected chi connectivity index (χ4v) is 2.26. The van der Waals surface area contributed by atoms with Crippen LogP contribution in [-0.4, -0.2) is 18.9 Å². The fourth-order valence-electron chi connectivity index (χ4n) is 2.26. The summed E-state index contributed by atoms with van der Waals surface area (Å²) in [6.07, 6.45) is 6.62. The van der Waals surface area contributed by atoms with Gasteiger partial charge in [-0.3, -0.25) is 9.59 Å². The third kappa shape index (κ3) is 3.38. The molecular weight excluding hydrogens is 256 g/mol. The highest BCUT2D eigenvalue weighted by Crippen LogP contribution is 2.27. The molecule has 0 aliphatic heterocycles. The van der Waals surface area contributed by atoms with Crippen molar-refractivity contribution in [1.82, 2.24) is 0 Å². The van der Waals surface area contributed by atoms with Crippen molar-refractivity contribution >= 4 is 17.5 Å². The minimum absolute atomic E-state index is 0.0959. The topological polar surface area (TPSA) is 81.4 Å². The van der Waals surface area contributed by atoms with Crippen molar-refractivity contribution in [3.8, 4) is 5.75 Å². The first-order chi connectivity index (χ1) is 9.60. The summed E-state index contributed by atoms with van der Waals surface area (Å²) in [6, 6.07) is 4.71. The van der Waals surface area contributed by atoms with Gasteiger partial charge in [-0.2, -0.15) is 0 Å². The summed E-state index contributed by atoms with van der Waals surface area (Å²) in [7, 11) is 1.51. The molecule has 5 heteroatoms. The summed E-state index contributed by atoms with van der Waals surface area (Å²) >= 11 is 0. The van der Waals surface area contributed by atoms with Crippen molar-refractivity contribution in [3.05, 3.63) is 35.9 Å². The predicted molar refractivity (Wildman–Crippen MR) is 76.6 cm³/mol. The lowest BCUT2D eigenvalue weighted by atomic mass is 10.0. The number of amides is 2. The third-order valence-electron chi connectivity index (χ3n) is 3.32. The third-order valence-corrected chi connectivity index (χ3v) is 3.32. The Balaban J connectivity index is 2.09. The molecule has 0 spiro atoms. The quantitative estimate of drug-likeness (QED) is 0.807. The molecule has 106 valence electrons. The lowest BCUT2D eigenvalue weighted by Crippen LogP contribution is -2.17. The predicted octanol–water partition coefficient (Wildman–Crippen LogP) is 2.09. The van der Waals surface area contributed by atoms with Crippen LogP contribution in [0.15, 0.2) is 30.4 Å². The molecule has 0 fully saturated rings. The zero-order valence-electron chi connectivity index (χ0n) is 11.4. The Morgan fingerprint density at radius 2 is 2.25 bits per heavy atom. The van der Waals surface area contributed by atoms with E-state index >= 15 is 0 Å². The number of ether oxygens (including phenoxy) is 1. The molecule has 0 unspecified atom stereocenters. The second kappa shape index (κ2) is 6.23. The van der Waals surface area contributed by atoms with Gasteiger partial charge >= 0.3 is 0 Å². The van der Waals surface area contributed by atoms with Gasteiger partial charge in [0.2, 0.25) is 11.8 Å². The fraction of sp³-hybridized carbons (Fsp3) is 0.333. The van der Waals surface area contributed by atoms with Crippen molar-refractivity contribution in [2.75, 3.05) is 12.4 Å². The number of allylic oxidation sites excluding steroid dienone is 2. The van der Waals surface area contributed by atoms with Gasteiger partial charge in [-0.1, -0.05) is 12.2 Å². The SMILES string of the molecule is COc1ccc(C(N)=O)cc1NC(=O)C[C@H]1C=CCC1. The first-order valence-corrected chi connectivity index (χ1v) is 6.54. The van der Waals surface area contributed by atoms with Gasteiger partial charge in [0.1, 0.15) is 5.75 Å². The first kappa shape index (κ1) is 14.1. The Morgan fingerprint density at radius 3 is 2.85 bits per heavy atom. The van der Waals surface area contributed by atoms with Gasteiger partial charge in [-0.15, -0.1) is 0 Å². The maximum Gasteiger partial charge on any atom is 0.248 e. The normalized spacial score (nSPS) is 16.9. The van der Waals surface area contributed by atoms with Crippen LogP contribution in [0.5, 0.6) is 5.75 Å². The van der Waals surface area contributed by atoms with Crippen LogP contribution >= 0.6 is 0 Å². The summed E-state index contributed by atoms with van der Waals surface area (Å²) in [6.45, 7) is 0. The minimum Gasteiger partial charge on any atom is -0.495 e. The van der Waals surface area contributed by atoms with Gasteiger partial charge in [0.25, 0.3) is 0 Å². The Morgan fingerprint density at radius 1 is 1.45 bits per heavy atom. The molecule has 0 heterocycles. The average molecular weight is 274 g/mol. The van der Waals surface area contributed by atoms with E-state index < -0.39 is 5.91 Å². The molecular formula is C15H18N2O3. The highest BCUT2D eigenvalue weighted by molar-refractivity contribution is 5.97. The lowest BCUT2D eigenvalue weighted by molar-refractivity contribution is -0.116. The smallest absolute Gasteiger partial charge is 0.248 e. The molecule has 1 aromatic rings. The molecule has 5 nitrogen and oxygen atoms in total. The molecule has 2 amide bonds. The monoisotopic (exact) mass is 274 g/mol. The number of nitrogens with one attached hydrogen (secondary N) is 1. The Hall–Kier alpha value is -2.30. The van der Waals surface area contributed by atoms with Crippen LogP contribution in [-0.2, 0) is 4.79 Å². The Bertz CT molecular complexity index is 552. The molecule has 0 saturated carbocycles. The van der Waals surface area contributed by atoms with E-state index in [0.29, 0.717) is 29.3 Å². The summed E-state index contributed by atoms with van der Waals surface area (Å²) in [5, 5.41) is 2.78. The molecule has 0 bridgehead atoms. The van der Waals surface area contributed by atoms with E-state index in [1.54, 1.807) is 12.1 Å². The summed E-state index contributed by atoms with van der Waals surface area (Å²) in [5.74, 6) is 0.161. The molecule has 0 saturated heterocycles. The van der Waals surface area contributed by atoms with Crippen LogP contribution in [0.1, 0.15) is 29.6 Å². The highest BCUT2D eigenvalue weighted by Gasteiger charge is 2.16. The molecule has 3 N–H and O–H groups in total. The number of hydrogen-bond donors (Lipinski definition) is 2. The number of rotatable bonds is 5. The Kier molecular flexibility index (Phi) is 4.40. The van der Waals surface area contributed by atoms with Gasteiger partial charge in [0, 0.05) is 12.0 Å². The van der Waals surface area contributed by atoms with Gasteiger partial charge in [0.15, 0.2) is 0 Å². The van der Waals surface area contributed by atoms with E-state index in [4.69, 9.17) is 10.5 Å². The summed E-state index contributed by atoms with van der Waals surface area (Å²) in [5.41, 5.74) is 6.04. The number of carbonyl (C=O) groups is 2. The number of carbonyl (C=O) groups excluding carboxylic acids is 2. The van der Waals surface area contributed by atoms with Gasteiger partial charge in [-0.05, 0) is 37.0 Å². The number of methoxy groups -OCH3 is 1. The van der Waals surface area contributed by atoms with Crippen molar-refractivity contribution < 1.29 is 14.3 Å². The standard InChI is InChI=1S/C15H18N2O3/c1-20-13-7-6-11(15(16)19)9-12(13)17-14(18)8-10-4-2-3-5-10/h2,4,6-7,9-10H,3,5,8H2,1H3,(H2,16,19)(H,17,18)/t10-/m0/s1. The zero-order chi connectivity index (χ0) is 14.5. The van der Waals surface area contributed by atoms with Crippen molar-refractivity contribution in [1.29, 1.82) is 0 Å². The molecule has 1 aromatic carbocycles. The zero-order valence-corrected chi connectivity index (χ0v) is 11.4. The van der Waals surface area contributed by atoms with E-state index in [0.717, 1.165) is 12.8 Å². The van der Waals surface area contributed by atoms with E-state index in [1.807, 2.05) is 0 Å². The molecule has 1 aliphatic carbocycles. The van der Waals surface area contributed by atoms with Crippen LogP contribution in [0.2, 0.25) is 0 Å². The molecule has 0 radical (unpaired) electrons. The number of primary amides is 1. The van der Waals surface area contributed by atoms with Crippen LogP contribution < -0.4 is 15.8 Å². The average Bonchev–Trinajstić information content (AvgIpc) is 2.91. The largest absolute Gasteiger partial charge is 0.495 e. The minimum atomic E-state index is -0.540. The van der Waals surface area contributed by atoms with E-state index in [-0.39, 0.29) is 5.91 Å². The molecule has 1 atom stereocenters. The molecule has 2 rings (SSSR count). The number of benzene rings is 1. The van der Waals surface area contributed by atoms with Crippen LogP contribution in [0.25, 0.3) is 0 Å². The van der Waals surface area contributed by atoms with Crippen molar-refractivity contribution in [2.24, 2.45) is 11.7 Å². The Labute approximate surface area is 117 Å². The molecule has 20 heavy (non-hydrogen) atoms. The van der Waals surface area contributed by atoms with Gasteiger partial charge in [-0.25, -0.2) is 0 Å². The summed E-state index contributed by atoms with van der Waals surface area (Å²) < 4.78 is 5.17. The number of nitrogens with two attached hydrogens (primary N) is 1.